The Morgan fingerprint density at radius 3 is 2.81 bits per heavy atom. The molecule has 0 bridgehead atoms. The largest absolute Gasteiger partial charge is 0.463 e. The lowest BCUT2D eigenvalue weighted by atomic mass is 10.2. The van der Waals surface area contributed by atoms with Crippen molar-refractivity contribution in [2.75, 3.05) is 7.11 Å². The van der Waals surface area contributed by atoms with E-state index in [-0.39, 0.29) is 28.7 Å². The van der Waals surface area contributed by atoms with Gasteiger partial charge in [0.05, 0.1) is 23.5 Å². The summed E-state index contributed by atoms with van der Waals surface area (Å²) in [5.74, 6) is -1.01. The molecule has 0 saturated carbocycles. The number of nitro benzene ring substituents is 1. The Balaban J connectivity index is 1.79. The summed E-state index contributed by atoms with van der Waals surface area (Å²) in [5, 5.41) is 10.3. The number of hydrogen-bond donors (Lipinski definition) is 0. The van der Waals surface area contributed by atoms with E-state index in [0.717, 1.165) is 16.7 Å². The second kappa shape index (κ2) is 7.46. The Morgan fingerprint density at radius 2 is 2.11 bits per heavy atom. The maximum Gasteiger partial charge on any atom is 0.373 e. The maximum absolute atomic E-state index is 12.5. The number of amides is 2. The molecular formula is C17H12N2O7S. The van der Waals surface area contributed by atoms with Gasteiger partial charge in [-0.15, -0.1) is 0 Å². The van der Waals surface area contributed by atoms with Crippen LogP contribution in [-0.4, -0.2) is 34.0 Å². The molecule has 1 fully saturated rings. The van der Waals surface area contributed by atoms with Gasteiger partial charge in [0.25, 0.3) is 16.8 Å². The Kier molecular flexibility index (Phi) is 5.08. The third kappa shape index (κ3) is 3.90. The van der Waals surface area contributed by atoms with Gasteiger partial charge in [0.15, 0.2) is 0 Å². The monoisotopic (exact) mass is 388 g/mol. The number of methoxy groups -OCH3 is 1. The van der Waals surface area contributed by atoms with E-state index in [1.54, 1.807) is 6.07 Å². The third-order valence-electron chi connectivity index (χ3n) is 3.61. The molecule has 2 aromatic rings. The third-order valence-corrected chi connectivity index (χ3v) is 4.52. The van der Waals surface area contributed by atoms with Crippen LogP contribution < -0.4 is 0 Å². The molecule has 2 heterocycles. The van der Waals surface area contributed by atoms with Gasteiger partial charge in [-0.25, -0.2) is 4.79 Å². The zero-order valence-electron chi connectivity index (χ0n) is 13.9. The van der Waals surface area contributed by atoms with Gasteiger partial charge >= 0.3 is 5.97 Å². The minimum Gasteiger partial charge on any atom is -0.463 e. The van der Waals surface area contributed by atoms with Crippen LogP contribution in [0.25, 0.3) is 6.08 Å². The number of esters is 1. The Labute approximate surface area is 156 Å². The topological polar surface area (TPSA) is 120 Å². The fourth-order valence-corrected chi connectivity index (χ4v) is 3.18. The van der Waals surface area contributed by atoms with Gasteiger partial charge in [0, 0.05) is 12.1 Å². The standard InChI is InChI=1S/C17H12N2O7S/c1-25-16(21)13-6-5-12(26-13)9-18-15(20)14(27-17(18)22)8-10-3-2-4-11(7-10)19(23)24/h2-8H,9H2,1H3. The number of carbonyl (C=O) groups excluding carboxylic acids is 3. The first-order valence-electron chi connectivity index (χ1n) is 7.56. The molecule has 0 spiro atoms. The molecule has 0 N–H and O–H groups in total. The minimum absolute atomic E-state index is 0.0355. The SMILES string of the molecule is COC(=O)c1ccc(CN2C(=O)SC(=Cc3cccc([N+](=O)[O-])c3)C2=O)o1. The van der Waals surface area contributed by atoms with Crippen molar-refractivity contribution in [3.63, 3.8) is 0 Å². The second-order valence-electron chi connectivity index (χ2n) is 5.38. The predicted molar refractivity (Wildman–Crippen MR) is 94.7 cm³/mol. The van der Waals surface area contributed by atoms with Crippen LogP contribution in [0.5, 0.6) is 0 Å². The number of carbonyl (C=O) groups is 3. The number of nitrogens with zero attached hydrogens (tertiary/aromatic N) is 2. The lowest BCUT2D eigenvalue weighted by Crippen LogP contribution is -2.27. The predicted octanol–water partition coefficient (Wildman–Crippen LogP) is 3.21. The molecule has 138 valence electrons. The van der Waals surface area contributed by atoms with Crippen molar-refractivity contribution in [3.8, 4) is 0 Å². The van der Waals surface area contributed by atoms with E-state index in [0.29, 0.717) is 5.56 Å². The smallest absolute Gasteiger partial charge is 0.373 e. The summed E-state index contributed by atoms with van der Waals surface area (Å²) in [6, 6.07) is 8.59. The number of thioether (sulfide) groups is 1. The van der Waals surface area contributed by atoms with Crippen LogP contribution in [0, 0.1) is 10.1 Å². The highest BCUT2D eigenvalue weighted by Crippen LogP contribution is 2.33. The van der Waals surface area contributed by atoms with Gasteiger partial charge in [0.1, 0.15) is 5.76 Å². The highest BCUT2D eigenvalue weighted by molar-refractivity contribution is 8.18. The summed E-state index contributed by atoms with van der Waals surface area (Å²) in [6.45, 7) is -0.145. The number of imide groups is 1. The summed E-state index contributed by atoms with van der Waals surface area (Å²) >= 11 is 0.723. The van der Waals surface area contributed by atoms with Crippen molar-refractivity contribution in [1.29, 1.82) is 0 Å². The van der Waals surface area contributed by atoms with Crippen LogP contribution in [0.4, 0.5) is 10.5 Å². The molecule has 1 saturated heterocycles. The van der Waals surface area contributed by atoms with E-state index in [4.69, 9.17) is 4.42 Å². The van der Waals surface area contributed by atoms with Crippen LogP contribution >= 0.6 is 11.8 Å². The highest BCUT2D eigenvalue weighted by atomic mass is 32.2. The molecule has 10 heteroatoms. The highest BCUT2D eigenvalue weighted by Gasteiger charge is 2.35. The van der Waals surface area contributed by atoms with Crippen molar-refractivity contribution in [2.24, 2.45) is 0 Å². The molecule has 0 radical (unpaired) electrons. The van der Waals surface area contributed by atoms with Gasteiger partial charge < -0.3 is 9.15 Å². The molecule has 2 amide bonds. The molecule has 1 aromatic heterocycles. The minimum atomic E-state index is -0.666. The fourth-order valence-electron chi connectivity index (χ4n) is 2.34. The number of furan rings is 1. The van der Waals surface area contributed by atoms with Crippen molar-refractivity contribution in [2.45, 2.75) is 6.54 Å². The van der Waals surface area contributed by atoms with Crippen molar-refractivity contribution < 1.29 is 28.5 Å². The van der Waals surface area contributed by atoms with Crippen LogP contribution in [0.2, 0.25) is 0 Å². The molecule has 1 aliphatic heterocycles. The molecule has 0 unspecified atom stereocenters. The van der Waals surface area contributed by atoms with Crippen LogP contribution in [0.1, 0.15) is 21.9 Å². The number of rotatable bonds is 5. The summed E-state index contributed by atoms with van der Waals surface area (Å²) in [5.41, 5.74) is 0.314. The van der Waals surface area contributed by atoms with Crippen molar-refractivity contribution in [3.05, 3.63) is 68.5 Å². The molecule has 0 atom stereocenters. The molecule has 3 rings (SSSR count). The lowest BCUT2D eigenvalue weighted by Gasteiger charge is -2.09. The zero-order chi connectivity index (χ0) is 19.6. The second-order valence-corrected chi connectivity index (χ2v) is 6.37. The number of benzene rings is 1. The first-order chi connectivity index (χ1) is 12.9. The fraction of sp³-hybridized carbons (Fsp3) is 0.118. The van der Waals surface area contributed by atoms with E-state index in [9.17, 15) is 24.5 Å². The summed E-state index contributed by atoms with van der Waals surface area (Å²) in [4.78, 5) is 47.4. The van der Waals surface area contributed by atoms with Crippen molar-refractivity contribution >= 4 is 40.6 Å². The molecule has 1 aliphatic rings. The quantitative estimate of drug-likeness (QED) is 0.331. The molecular weight excluding hydrogens is 376 g/mol. The van der Waals surface area contributed by atoms with E-state index >= 15 is 0 Å². The van der Waals surface area contributed by atoms with Gasteiger partial charge in [-0.1, -0.05) is 12.1 Å². The first-order valence-corrected chi connectivity index (χ1v) is 8.37. The lowest BCUT2D eigenvalue weighted by molar-refractivity contribution is -0.384. The van der Waals surface area contributed by atoms with Gasteiger partial charge in [-0.2, -0.15) is 0 Å². The summed E-state index contributed by atoms with van der Waals surface area (Å²) < 4.78 is 9.80. The maximum atomic E-state index is 12.5. The van der Waals surface area contributed by atoms with E-state index in [1.807, 2.05) is 0 Å². The van der Waals surface area contributed by atoms with Crippen molar-refractivity contribution in [1.82, 2.24) is 4.90 Å². The first kappa shape index (κ1) is 18.4. The van der Waals surface area contributed by atoms with E-state index < -0.39 is 22.0 Å². The number of non-ortho nitro benzene ring substituents is 1. The van der Waals surface area contributed by atoms with Crippen LogP contribution in [0.3, 0.4) is 0 Å². The van der Waals surface area contributed by atoms with Gasteiger partial charge in [-0.3, -0.25) is 24.6 Å². The van der Waals surface area contributed by atoms with Crippen LogP contribution in [0.15, 0.2) is 45.7 Å². The van der Waals surface area contributed by atoms with E-state index in [1.165, 1.54) is 43.5 Å². The van der Waals surface area contributed by atoms with Crippen LogP contribution in [-0.2, 0) is 16.1 Å². The van der Waals surface area contributed by atoms with E-state index in [2.05, 4.69) is 4.74 Å². The summed E-state index contributed by atoms with van der Waals surface area (Å²) in [6.07, 6.45) is 1.42. The normalized spacial score (nSPS) is 15.4. The molecule has 0 aliphatic carbocycles. The molecule has 9 nitrogen and oxygen atoms in total. The molecule has 1 aromatic carbocycles. The molecule has 27 heavy (non-hydrogen) atoms. The Bertz CT molecular complexity index is 979. The zero-order valence-corrected chi connectivity index (χ0v) is 14.7. The number of hydrogen-bond acceptors (Lipinski definition) is 8. The van der Waals surface area contributed by atoms with Gasteiger partial charge in [0.2, 0.25) is 5.76 Å². The average Bonchev–Trinajstić information content (AvgIpc) is 3.22. The number of ether oxygens (including phenoxy) is 1. The Hall–Kier alpha value is -3.40. The number of nitro groups is 1. The summed E-state index contributed by atoms with van der Waals surface area (Å²) in [7, 11) is 1.21. The average molecular weight is 388 g/mol. The Morgan fingerprint density at radius 1 is 1.33 bits per heavy atom. The van der Waals surface area contributed by atoms with Gasteiger partial charge in [-0.05, 0) is 35.5 Å².